The Morgan fingerprint density at radius 2 is 2.00 bits per heavy atom. The van der Waals surface area contributed by atoms with Crippen LogP contribution >= 0.6 is 0 Å². The molecule has 0 unspecified atom stereocenters. The average Bonchev–Trinajstić information content (AvgIpc) is 3.08. The molecular formula is C23H26F4N2O6. The van der Waals surface area contributed by atoms with Gasteiger partial charge in [-0.3, -0.25) is 4.79 Å². The average molecular weight is 502 g/mol. The number of rotatable bonds is 5. The molecule has 12 heteroatoms. The van der Waals surface area contributed by atoms with Crippen molar-refractivity contribution in [1.82, 2.24) is 4.73 Å². The van der Waals surface area contributed by atoms with Crippen LogP contribution in [0.4, 0.5) is 17.6 Å². The van der Waals surface area contributed by atoms with Crippen molar-refractivity contribution in [2.45, 2.75) is 50.7 Å². The maximum atomic E-state index is 14.1. The minimum Gasteiger partial charge on any atom is -0.496 e. The Balaban J connectivity index is 2.16. The van der Waals surface area contributed by atoms with Crippen LogP contribution in [-0.4, -0.2) is 57.7 Å². The van der Waals surface area contributed by atoms with Crippen molar-refractivity contribution in [3.63, 3.8) is 0 Å². The maximum absolute atomic E-state index is 14.1. The van der Waals surface area contributed by atoms with Crippen LogP contribution in [0.5, 0.6) is 5.75 Å². The lowest BCUT2D eigenvalue weighted by molar-refractivity contribution is -0.272. The number of methoxy groups -OCH3 is 1. The lowest BCUT2D eigenvalue weighted by atomic mass is 9.76. The van der Waals surface area contributed by atoms with Crippen molar-refractivity contribution in [3.05, 3.63) is 58.5 Å². The molecule has 1 aromatic carbocycles. The van der Waals surface area contributed by atoms with Crippen LogP contribution in [0.3, 0.4) is 0 Å². The third-order valence-electron chi connectivity index (χ3n) is 6.55. The van der Waals surface area contributed by atoms with Gasteiger partial charge in [0.25, 0.3) is 5.91 Å². The van der Waals surface area contributed by atoms with E-state index >= 15 is 0 Å². The number of benzene rings is 1. The zero-order valence-electron chi connectivity index (χ0n) is 19.4. The van der Waals surface area contributed by atoms with E-state index in [4.69, 9.17) is 14.6 Å². The molecule has 0 spiro atoms. The van der Waals surface area contributed by atoms with E-state index in [-0.39, 0.29) is 27.9 Å². The Morgan fingerprint density at radius 3 is 2.57 bits per heavy atom. The molecule has 0 saturated carbocycles. The van der Waals surface area contributed by atoms with Gasteiger partial charge in [-0.25, -0.2) is 9.38 Å². The SMILES string of the molecule is COc1c([C@H]2[C@H](C(=O)N=c3ccn(O)c([C@@H](O)CO)c3)O[C@@](C)(C(F)(F)F)[C@H]2C)ccc(F)c1C. The van der Waals surface area contributed by atoms with Crippen LogP contribution < -0.4 is 10.1 Å². The fourth-order valence-corrected chi connectivity index (χ4v) is 4.33. The second-order valence-electron chi connectivity index (χ2n) is 8.56. The Labute approximate surface area is 198 Å². The molecule has 0 aliphatic carbocycles. The summed E-state index contributed by atoms with van der Waals surface area (Å²) >= 11 is 0. The molecule has 8 nitrogen and oxygen atoms in total. The predicted octanol–water partition coefficient (Wildman–Crippen LogP) is 2.77. The van der Waals surface area contributed by atoms with E-state index in [1.165, 1.54) is 33.1 Å². The number of aromatic nitrogens is 1. The number of amides is 1. The maximum Gasteiger partial charge on any atom is 0.417 e. The molecule has 2 aromatic rings. The van der Waals surface area contributed by atoms with Crippen LogP contribution in [0.15, 0.2) is 35.5 Å². The lowest BCUT2D eigenvalue weighted by Crippen LogP contribution is -2.47. The number of hydrogen-bond acceptors (Lipinski definition) is 6. The predicted molar refractivity (Wildman–Crippen MR) is 113 cm³/mol. The molecule has 1 saturated heterocycles. The van der Waals surface area contributed by atoms with Gasteiger partial charge in [-0.15, -0.1) is 0 Å². The van der Waals surface area contributed by atoms with Crippen molar-refractivity contribution in [1.29, 1.82) is 0 Å². The number of aliphatic hydroxyl groups excluding tert-OH is 2. The van der Waals surface area contributed by atoms with Crippen LogP contribution in [0.2, 0.25) is 0 Å². The standard InChI is InChI=1S/C23H26F4N2O6/c1-11-15(24)6-5-14(19(11)34-4)18-12(2)22(3,23(25,26)27)35-20(18)21(32)28-13-7-8-29(33)16(9-13)17(31)10-30/h5-9,12,17-18,20,30-31,33H,10H2,1-4H3/t12-,17-,18-,20+,22+/m0/s1. The molecule has 1 aliphatic heterocycles. The van der Waals surface area contributed by atoms with Gasteiger partial charge in [0, 0.05) is 29.2 Å². The summed E-state index contributed by atoms with van der Waals surface area (Å²) in [5, 5.41) is 28.7. The lowest BCUT2D eigenvalue weighted by Gasteiger charge is -2.32. The summed E-state index contributed by atoms with van der Waals surface area (Å²) in [6, 6.07) is 4.63. The minimum atomic E-state index is -4.84. The molecule has 3 rings (SSSR count). The summed E-state index contributed by atoms with van der Waals surface area (Å²) in [5.74, 6) is -4.16. The van der Waals surface area contributed by atoms with Gasteiger partial charge >= 0.3 is 6.18 Å². The zero-order chi connectivity index (χ0) is 26.3. The molecule has 1 aromatic heterocycles. The smallest absolute Gasteiger partial charge is 0.417 e. The Morgan fingerprint density at radius 1 is 1.34 bits per heavy atom. The van der Waals surface area contributed by atoms with E-state index in [2.05, 4.69) is 4.99 Å². The minimum absolute atomic E-state index is 0.00376. The monoisotopic (exact) mass is 502 g/mol. The summed E-state index contributed by atoms with van der Waals surface area (Å²) in [6.07, 6.45) is -7.00. The Kier molecular flexibility index (Phi) is 7.30. The molecule has 2 heterocycles. The quantitative estimate of drug-likeness (QED) is 0.428. The summed E-state index contributed by atoms with van der Waals surface area (Å²) < 4.78 is 67.5. The Hall–Kier alpha value is -2.96. The summed E-state index contributed by atoms with van der Waals surface area (Å²) in [7, 11) is 1.25. The molecule has 0 radical (unpaired) electrons. The molecule has 1 fully saturated rings. The van der Waals surface area contributed by atoms with Gasteiger partial charge < -0.3 is 24.9 Å². The molecule has 35 heavy (non-hydrogen) atoms. The van der Waals surface area contributed by atoms with Crippen molar-refractivity contribution >= 4 is 5.91 Å². The van der Waals surface area contributed by atoms with E-state index in [1.807, 2.05) is 0 Å². The number of aliphatic hydroxyl groups is 2. The second-order valence-corrected chi connectivity index (χ2v) is 8.56. The zero-order valence-corrected chi connectivity index (χ0v) is 19.4. The van der Waals surface area contributed by atoms with Crippen molar-refractivity contribution in [2.24, 2.45) is 10.9 Å². The Bertz CT molecular complexity index is 1180. The summed E-state index contributed by atoms with van der Waals surface area (Å²) in [6.45, 7) is 2.80. The van der Waals surface area contributed by atoms with Gasteiger partial charge in [-0.1, -0.05) is 13.0 Å². The normalized spacial score (nSPS) is 26.1. The van der Waals surface area contributed by atoms with Gasteiger partial charge in [0.2, 0.25) is 0 Å². The number of carbonyl (C=O) groups excluding carboxylic acids is 1. The van der Waals surface area contributed by atoms with E-state index < -0.39 is 54.2 Å². The number of nitrogens with zero attached hydrogens (tertiary/aromatic N) is 2. The largest absolute Gasteiger partial charge is 0.496 e. The van der Waals surface area contributed by atoms with Crippen molar-refractivity contribution < 1.29 is 47.3 Å². The third kappa shape index (κ3) is 4.65. The first-order valence-electron chi connectivity index (χ1n) is 10.6. The van der Waals surface area contributed by atoms with Gasteiger partial charge in [0.05, 0.1) is 24.8 Å². The first kappa shape index (κ1) is 26.6. The van der Waals surface area contributed by atoms with Crippen molar-refractivity contribution in [3.8, 4) is 5.75 Å². The van der Waals surface area contributed by atoms with Gasteiger partial charge in [-0.2, -0.15) is 17.9 Å². The molecule has 192 valence electrons. The van der Waals surface area contributed by atoms with E-state index in [0.29, 0.717) is 4.73 Å². The van der Waals surface area contributed by atoms with E-state index in [0.717, 1.165) is 25.3 Å². The molecule has 5 atom stereocenters. The highest BCUT2D eigenvalue weighted by atomic mass is 19.4. The van der Waals surface area contributed by atoms with E-state index in [1.54, 1.807) is 0 Å². The van der Waals surface area contributed by atoms with Gasteiger partial charge in [0.15, 0.2) is 5.60 Å². The highest BCUT2D eigenvalue weighted by molar-refractivity contribution is 5.83. The number of carbonyl (C=O) groups is 1. The van der Waals surface area contributed by atoms with Gasteiger partial charge in [0.1, 0.15) is 23.8 Å². The topological polar surface area (TPSA) is 114 Å². The first-order chi connectivity index (χ1) is 16.3. The van der Waals surface area contributed by atoms with Crippen LogP contribution in [-0.2, 0) is 9.53 Å². The highest BCUT2D eigenvalue weighted by Crippen LogP contribution is 2.55. The fraction of sp³-hybridized carbons (Fsp3) is 0.478. The molecule has 3 N–H and O–H groups in total. The van der Waals surface area contributed by atoms with Gasteiger partial charge in [-0.05, 0) is 32.0 Å². The number of ether oxygens (including phenoxy) is 2. The van der Waals surface area contributed by atoms with Crippen molar-refractivity contribution in [2.75, 3.05) is 13.7 Å². The van der Waals surface area contributed by atoms with Crippen LogP contribution in [0, 0.1) is 18.7 Å². The second kappa shape index (κ2) is 9.59. The summed E-state index contributed by atoms with van der Waals surface area (Å²) in [5.41, 5.74) is -2.68. The molecule has 1 aliphatic rings. The number of hydrogen-bond donors (Lipinski definition) is 3. The highest BCUT2D eigenvalue weighted by Gasteiger charge is 2.65. The molecule has 0 bridgehead atoms. The number of alkyl halides is 3. The fourth-order valence-electron chi connectivity index (χ4n) is 4.33. The summed E-state index contributed by atoms with van der Waals surface area (Å²) in [4.78, 5) is 17.0. The van der Waals surface area contributed by atoms with Crippen LogP contribution in [0.25, 0.3) is 0 Å². The first-order valence-corrected chi connectivity index (χ1v) is 10.6. The molecular weight excluding hydrogens is 476 g/mol. The number of halogens is 4. The van der Waals surface area contributed by atoms with Crippen LogP contribution in [0.1, 0.15) is 42.7 Å². The number of pyridine rings is 1. The van der Waals surface area contributed by atoms with E-state index in [9.17, 15) is 32.7 Å². The third-order valence-corrected chi connectivity index (χ3v) is 6.55. The molecule has 1 amide bonds.